The Hall–Kier alpha value is -2.37. The van der Waals surface area contributed by atoms with E-state index in [1.807, 2.05) is 0 Å². The minimum Gasteiger partial charge on any atom is -0.328 e. The highest BCUT2D eigenvalue weighted by molar-refractivity contribution is 6.21. The first kappa shape index (κ1) is 13.6. The van der Waals surface area contributed by atoms with Crippen molar-refractivity contribution < 1.29 is 14.4 Å². The number of carbonyl (C=O) groups is 3. The van der Waals surface area contributed by atoms with E-state index in [1.54, 1.807) is 41.1 Å². The van der Waals surface area contributed by atoms with Crippen LogP contribution in [0.3, 0.4) is 0 Å². The minimum absolute atomic E-state index is 0.0436. The molecule has 21 heavy (non-hydrogen) atoms. The van der Waals surface area contributed by atoms with Gasteiger partial charge in [0, 0.05) is 33.2 Å². The molecule has 0 radical (unpaired) electrons. The van der Waals surface area contributed by atoms with Gasteiger partial charge in [-0.1, -0.05) is 12.1 Å². The lowest BCUT2D eigenvalue weighted by Crippen LogP contribution is -2.50. The number of fused-ring (bicyclic) bond motifs is 1. The normalized spacial score (nSPS) is 18.5. The van der Waals surface area contributed by atoms with Crippen molar-refractivity contribution in [3.63, 3.8) is 0 Å². The number of urea groups is 1. The van der Waals surface area contributed by atoms with Gasteiger partial charge in [0.15, 0.2) is 0 Å². The zero-order valence-electron chi connectivity index (χ0n) is 11.9. The van der Waals surface area contributed by atoms with Gasteiger partial charge in [0.2, 0.25) is 0 Å². The van der Waals surface area contributed by atoms with E-state index in [9.17, 15) is 14.4 Å². The van der Waals surface area contributed by atoms with E-state index in [1.165, 1.54) is 4.90 Å². The van der Waals surface area contributed by atoms with Crippen LogP contribution in [0.1, 0.15) is 27.1 Å². The molecule has 0 atom stereocenters. The molecule has 4 amide bonds. The number of amides is 4. The maximum Gasteiger partial charge on any atom is 0.319 e. The van der Waals surface area contributed by atoms with E-state index in [-0.39, 0.29) is 24.4 Å². The topological polar surface area (TPSA) is 60.9 Å². The Labute approximate surface area is 122 Å². The second kappa shape index (κ2) is 5.20. The van der Waals surface area contributed by atoms with Crippen LogP contribution in [-0.2, 0) is 0 Å². The summed E-state index contributed by atoms with van der Waals surface area (Å²) in [5.74, 6) is -0.540. The average molecular weight is 287 g/mol. The molecule has 6 heteroatoms. The SMILES string of the molecule is CN1CCCN(CCN2C(=O)c3ccccc3C2=O)C1=O. The second-order valence-electron chi connectivity index (χ2n) is 5.35. The van der Waals surface area contributed by atoms with E-state index in [2.05, 4.69) is 0 Å². The predicted molar refractivity (Wildman–Crippen MR) is 76.0 cm³/mol. The Morgan fingerprint density at radius 1 is 0.952 bits per heavy atom. The van der Waals surface area contributed by atoms with Crippen LogP contribution in [0.2, 0.25) is 0 Å². The molecule has 0 aromatic heterocycles. The summed E-state index contributed by atoms with van der Waals surface area (Å²) in [6, 6.07) is 6.77. The van der Waals surface area contributed by atoms with E-state index in [0.29, 0.717) is 24.2 Å². The first-order chi connectivity index (χ1) is 10.1. The van der Waals surface area contributed by atoms with Crippen LogP contribution in [0.4, 0.5) is 4.79 Å². The Balaban J connectivity index is 1.68. The minimum atomic E-state index is -0.270. The van der Waals surface area contributed by atoms with E-state index >= 15 is 0 Å². The van der Waals surface area contributed by atoms with E-state index in [0.717, 1.165) is 13.0 Å². The number of benzene rings is 1. The molecule has 0 saturated carbocycles. The van der Waals surface area contributed by atoms with Crippen molar-refractivity contribution in [3.05, 3.63) is 35.4 Å². The standard InChI is InChI=1S/C15H17N3O3/c1-16-7-4-8-17(15(16)21)9-10-18-13(19)11-5-2-3-6-12(11)14(18)20/h2-3,5-6H,4,7-10H2,1H3. The molecule has 2 aliphatic heterocycles. The maximum atomic E-state index is 12.2. The Morgan fingerprint density at radius 2 is 1.57 bits per heavy atom. The van der Waals surface area contributed by atoms with Crippen LogP contribution in [0.15, 0.2) is 24.3 Å². The molecular weight excluding hydrogens is 270 g/mol. The average Bonchev–Trinajstić information content (AvgIpc) is 2.73. The monoisotopic (exact) mass is 287 g/mol. The van der Waals surface area contributed by atoms with Crippen molar-refractivity contribution in [1.29, 1.82) is 0 Å². The summed E-state index contributed by atoms with van der Waals surface area (Å²) in [4.78, 5) is 41.0. The smallest absolute Gasteiger partial charge is 0.319 e. The predicted octanol–water partition coefficient (Wildman–Crippen LogP) is 1.04. The van der Waals surface area contributed by atoms with E-state index < -0.39 is 0 Å². The van der Waals surface area contributed by atoms with Crippen molar-refractivity contribution in [3.8, 4) is 0 Å². The fourth-order valence-electron chi connectivity index (χ4n) is 2.80. The number of hydrogen-bond donors (Lipinski definition) is 0. The highest BCUT2D eigenvalue weighted by Crippen LogP contribution is 2.22. The highest BCUT2D eigenvalue weighted by atomic mass is 16.2. The lowest BCUT2D eigenvalue weighted by molar-refractivity contribution is 0.0630. The molecule has 0 bridgehead atoms. The van der Waals surface area contributed by atoms with Gasteiger partial charge in [-0.25, -0.2) is 4.79 Å². The summed E-state index contributed by atoms with van der Waals surface area (Å²) in [6.07, 6.45) is 0.907. The lowest BCUT2D eigenvalue weighted by atomic mass is 10.1. The third-order valence-electron chi connectivity index (χ3n) is 3.99. The molecule has 0 N–H and O–H groups in total. The van der Waals surface area contributed by atoms with Crippen molar-refractivity contribution in [1.82, 2.24) is 14.7 Å². The molecular formula is C15H17N3O3. The quantitative estimate of drug-likeness (QED) is 0.780. The Morgan fingerprint density at radius 3 is 2.19 bits per heavy atom. The molecule has 2 heterocycles. The molecule has 110 valence electrons. The van der Waals surface area contributed by atoms with Crippen molar-refractivity contribution in [2.75, 3.05) is 33.2 Å². The molecule has 1 aromatic carbocycles. The van der Waals surface area contributed by atoms with Gasteiger partial charge in [-0.15, -0.1) is 0 Å². The van der Waals surface area contributed by atoms with Gasteiger partial charge >= 0.3 is 6.03 Å². The third kappa shape index (κ3) is 2.26. The molecule has 0 unspecified atom stereocenters. The van der Waals surface area contributed by atoms with Crippen molar-refractivity contribution in [2.45, 2.75) is 6.42 Å². The Kier molecular flexibility index (Phi) is 3.37. The summed E-state index contributed by atoms with van der Waals surface area (Å²) >= 11 is 0. The molecule has 2 aliphatic rings. The van der Waals surface area contributed by atoms with Crippen LogP contribution in [0.25, 0.3) is 0 Å². The summed E-state index contributed by atoms with van der Waals surface area (Å²) < 4.78 is 0. The molecule has 3 rings (SSSR count). The second-order valence-corrected chi connectivity index (χ2v) is 5.35. The largest absolute Gasteiger partial charge is 0.328 e. The number of imide groups is 1. The number of nitrogens with zero attached hydrogens (tertiary/aromatic N) is 3. The summed E-state index contributed by atoms with van der Waals surface area (Å²) in [6.45, 7) is 2.05. The maximum absolute atomic E-state index is 12.2. The molecule has 1 saturated heterocycles. The van der Waals surface area contributed by atoms with Crippen molar-refractivity contribution >= 4 is 17.8 Å². The van der Waals surface area contributed by atoms with Gasteiger partial charge in [0.25, 0.3) is 11.8 Å². The summed E-state index contributed by atoms with van der Waals surface area (Å²) in [5, 5.41) is 0. The van der Waals surface area contributed by atoms with E-state index in [4.69, 9.17) is 0 Å². The number of hydrogen-bond acceptors (Lipinski definition) is 3. The summed E-state index contributed by atoms with van der Waals surface area (Å²) in [5.41, 5.74) is 0.897. The molecule has 0 aliphatic carbocycles. The molecule has 6 nitrogen and oxygen atoms in total. The lowest BCUT2D eigenvalue weighted by Gasteiger charge is -2.34. The highest BCUT2D eigenvalue weighted by Gasteiger charge is 2.35. The Bertz CT molecular complexity index is 579. The fourth-order valence-corrected chi connectivity index (χ4v) is 2.80. The molecule has 1 fully saturated rings. The molecule has 1 aromatic rings. The van der Waals surface area contributed by atoms with Gasteiger partial charge in [0.05, 0.1) is 11.1 Å². The van der Waals surface area contributed by atoms with Crippen LogP contribution < -0.4 is 0 Å². The zero-order valence-corrected chi connectivity index (χ0v) is 11.9. The van der Waals surface area contributed by atoms with Crippen LogP contribution in [-0.4, -0.2) is 65.8 Å². The van der Waals surface area contributed by atoms with Gasteiger partial charge in [-0.05, 0) is 18.6 Å². The first-order valence-corrected chi connectivity index (χ1v) is 7.05. The van der Waals surface area contributed by atoms with Gasteiger partial charge in [-0.2, -0.15) is 0 Å². The number of rotatable bonds is 3. The van der Waals surface area contributed by atoms with Crippen LogP contribution >= 0.6 is 0 Å². The fraction of sp³-hybridized carbons (Fsp3) is 0.400. The van der Waals surface area contributed by atoms with Gasteiger partial charge in [0.1, 0.15) is 0 Å². The van der Waals surface area contributed by atoms with Gasteiger partial charge < -0.3 is 9.80 Å². The van der Waals surface area contributed by atoms with Crippen molar-refractivity contribution in [2.24, 2.45) is 0 Å². The third-order valence-corrected chi connectivity index (χ3v) is 3.99. The zero-order chi connectivity index (χ0) is 15.0. The van der Waals surface area contributed by atoms with Gasteiger partial charge in [-0.3, -0.25) is 14.5 Å². The van der Waals surface area contributed by atoms with Crippen LogP contribution in [0.5, 0.6) is 0 Å². The first-order valence-electron chi connectivity index (χ1n) is 7.05. The summed E-state index contributed by atoms with van der Waals surface area (Å²) in [7, 11) is 1.76. The molecule has 0 spiro atoms. The number of carbonyl (C=O) groups excluding carboxylic acids is 3. The van der Waals surface area contributed by atoms with Crippen LogP contribution in [0, 0.1) is 0 Å².